The minimum atomic E-state index is 0.271. The molecule has 0 amide bonds. The van der Waals surface area contributed by atoms with Gasteiger partial charge in [0.1, 0.15) is 10.0 Å². The molecule has 0 aliphatic heterocycles. The first-order valence-electron chi connectivity index (χ1n) is 5.61. The molecule has 0 saturated carbocycles. The first-order valence-corrected chi connectivity index (χ1v) is 7.89. The Morgan fingerprint density at radius 1 is 1.44 bits per heavy atom. The largest absolute Gasteiger partial charge is 0.311 e. The van der Waals surface area contributed by atoms with Crippen LogP contribution in [0, 0.1) is 3.57 Å². The average molecular weight is 394 g/mol. The summed E-state index contributed by atoms with van der Waals surface area (Å²) >= 11 is 9.94. The Balaban J connectivity index is 2.37. The molecule has 0 bridgehead atoms. The van der Waals surface area contributed by atoms with Crippen LogP contribution in [-0.2, 0) is 0 Å². The number of benzene rings is 1. The smallest absolute Gasteiger partial charge is 0.148 e. The van der Waals surface area contributed by atoms with E-state index in [2.05, 4.69) is 45.0 Å². The lowest BCUT2D eigenvalue weighted by atomic mass is 10.2. The molecule has 2 rings (SSSR count). The molecule has 18 heavy (non-hydrogen) atoms. The molecule has 1 unspecified atom stereocenters. The molecular weight excluding hydrogens is 381 g/mol. The second-order valence-corrected chi connectivity index (χ2v) is 6.43. The summed E-state index contributed by atoms with van der Waals surface area (Å²) < 4.78 is 1.14. The van der Waals surface area contributed by atoms with E-state index >= 15 is 0 Å². The maximum absolute atomic E-state index is 6.03. The summed E-state index contributed by atoms with van der Waals surface area (Å²) in [5, 5.41) is 14.4. The molecule has 0 radical (unpaired) electrons. The van der Waals surface area contributed by atoms with Gasteiger partial charge >= 0.3 is 0 Å². The van der Waals surface area contributed by atoms with Crippen molar-refractivity contribution in [2.75, 3.05) is 7.05 Å². The maximum atomic E-state index is 6.03. The third kappa shape index (κ3) is 3.01. The molecular formula is C12H13ClIN3S. The van der Waals surface area contributed by atoms with Gasteiger partial charge in [0.15, 0.2) is 0 Å². The summed E-state index contributed by atoms with van der Waals surface area (Å²) in [6.45, 7) is 2.13. The fourth-order valence-electron chi connectivity index (χ4n) is 1.65. The Labute approximate surface area is 129 Å². The van der Waals surface area contributed by atoms with Crippen LogP contribution in [0.25, 0.3) is 10.6 Å². The summed E-state index contributed by atoms with van der Waals surface area (Å²) in [4.78, 5) is 0. The second-order valence-electron chi connectivity index (χ2n) is 3.82. The van der Waals surface area contributed by atoms with E-state index in [0.717, 1.165) is 30.6 Å². The van der Waals surface area contributed by atoms with Crippen molar-refractivity contribution >= 4 is 45.5 Å². The van der Waals surface area contributed by atoms with Crippen LogP contribution in [0.15, 0.2) is 18.2 Å². The Bertz CT molecular complexity index is 540. The Kier molecular flexibility index (Phi) is 4.94. The third-order valence-corrected chi connectivity index (χ3v) is 4.90. The van der Waals surface area contributed by atoms with Gasteiger partial charge in [0.2, 0.25) is 0 Å². The number of hydrogen-bond donors (Lipinski definition) is 1. The molecule has 1 aromatic carbocycles. The van der Waals surface area contributed by atoms with Crippen molar-refractivity contribution in [1.82, 2.24) is 15.5 Å². The third-order valence-electron chi connectivity index (χ3n) is 2.65. The number of halogens is 2. The number of rotatable bonds is 4. The highest BCUT2D eigenvalue weighted by Crippen LogP contribution is 2.32. The molecule has 1 atom stereocenters. The van der Waals surface area contributed by atoms with Crippen LogP contribution >= 0.6 is 45.5 Å². The van der Waals surface area contributed by atoms with Crippen LogP contribution in [0.3, 0.4) is 0 Å². The van der Waals surface area contributed by atoms with Crippen LogP contribution in [0.5, 0.6) is 0 Å². The standard InChI is InChI=1S/C12H13ClIN3S/c1-3-10(15-2)12-17-16-11(18-12)8-6-7(13)4-5-9(8)14/h4-6,10,15H,3H2,1-2H3. The number of aromatic nitrogens is 2. The zero-order valence-corrected chi connectivity index (χ0v) is 13.8. The summed E-state index contributed by atoms with van der Waals surface area (Å²) in [5.41, 5.74) is 1.05. The highest BCUT2D eigenvalue weighted by atomic mass is 127. The van der Waals surface area contributed by atoms with E-state index in [9.17, 15) is 0 Å². The minimum absolute atomic E-state index is 0.271. The Morgan fingerprint density at radius 3 is 2.89 bits per heavy atom. The lowest BCUT2D eigenvalue weighted by Crippen LogP contribution is -2.14. The van der Waals surface area contributed by atoms with E-state index in [1.54, 1.807) is 11.3 Å². The summed E-state index contributed by atoms with van der Waals surface area (Å²) in [6, 6.07) is 6.09. The van der Waals surface area contributed by atoms with Crippen LogP contribution in [0.1, 0.15) is 24.4 Å². The van der Waals surface area contributed by atoms with Crippen LogP contribution in [-0.4, -0.2) is 17.2 Å². The number of hydrogen-bond acceptors (Lipinski definition) is 4. The van der Waals surface area contributed by atoms with Gasteiger partial charge in [0.05, 0.1) is 6.04 Å². The molecule has 1 N–H and O–H groups in total. The van der Waals surface area contributed by atoms with E-state index < -0.39 is 0 Å². The molecule has 1 heterocycles. The van der Waals surface area contributed by atoms with Crippen molar-refractivity contribution in [1.29, 1.82) is 0 Å². The van der Waals surface area contributed by atoms with Gasteiger partial charge in [-0.3, -0.25) is 0 Å². The average Bonchev–Trinajstić information content (AvgIpc) is 2.83. The number of nitrogens with one attached hydrogen (secondary N) is 1. The van der Waals surface area contributed by atoms with Crippen molar-refractivity contribution in [3.63, 3.8) is 0 Å². The zero-order chi connectivity index (χ0) is 13.1. The van der Waals surface area contributed by atoms with E-state index in [-0.39, 0.29) is 6.04 Å². The molecule has 3 nitrogen and oxygen atoms in total. The van der Waals surface area contributed by atoms with Gasteiger partial charge < -0.3 is 5.32 Å². The zero-order valence-electron chi connectivity index (χ0n) is 10.1. The lowest BCUT2D eigenvalue weighted by molar-refractivity contribution is 0.568. The van der Waals surface area contributed by atoms with Gasteiger partial charge in [-0.2, -0.15) is 0 Å². The van der Waals surface area contributed by atoms with Gasteiger partial charge in [0, 0.05) is 14.2 Å². The second kappa shape index (κ2) is 6.27. The first-order chi connectivity index (χ1) is 8.65. The van der Waals surface area contributed by atoms with Crippen molar-refractivity contribution in [3.8, 4) is 10.6 Å². The molecule has 0 fully saturated rings. The highest BCUT2D eigenvalue weighted by molar-refractivity contribution is 14.1. The lowest BCUT2D eigenvalue weighted by Gasteiger charge is -2.08. The summed E-state index contributed by atoms with van der Waals surface area (Å²) in [6.07, 6.45) is 0.998. The van der Waals surface area contributed by atoms with Crippen LogP contribution in [0.4, 0.5) is 0 Å². The summed E-state index contributed by atoms with van der Waals surface area (Å²) in [7, 11) is 1.94. The van der Waals surface area contributed by atoms with Crippen LogP contribution < -0.4 is 5.32 Å². The van der Waals surface area contributed by atoms with E-state index in [1.807, 2.05) is 25.2 Å². The van der Waals surface area contributed by atoms with Gasteiger partial charge in [-0.1, -0.05) is 29.9 Å². The molecule has 0 aliphatic rings. The normalized spacial score (nSPS) is 12.7. The van der Waals surface area contributed by atoms with E-state index in [1.165, 1.54) is 0 Å². The molecule has 2 aromatic rings. The Morgan fingerprint density at radius 2 is 2.22 bits per heavy atom. The van der Waals surface area contributed by atoms with Gasteiger partial charge in [-0.15, -0.1) is 10.2 Å². The fourth-order valence-corrected chi connectivity index (χ4v) is 3.66. The number of nitrogens with zero attached hydrogens (tertiary/aromatic N) is 2. The van der Waals surface area contributed by atoms with Crippen molar-refractivity contribution < 1.29 is 0 Å². The predicted molar refractivity (Wildman–Crippen MR) is 85.2 cm³/mol. The topological polar surface area (TPSA) is 37.8 Å². The van der Waals surface area contributed by atoms with Crippen molar-refractivity contribution in [2.45, 2.75) is 19.4 Å². The Hall–Kier alpha value is -0.240. The fraction of sp³-hybridized carbons (Fsp3) is 0.333. The first kappa shape index (κ1) is 14.2. The molecule has 0 saturated heterocycles. The van der Waals surface area contributed by atoms with Crippen LogP contribution in [0.2, 0.25) is 5.02 Å². The minimum Gasteiger partial charge on any atom is -0.311 e. The van der Waals surface area contributed by atoms with Gasteiger partial charge in [-0.05, 0) is 54.3 Å². The maximum Gasteiger partial charge on any atom is 0.148 e. The molecule has 96 valence electrons. The van der Waals surface area contributed by atoms with E-state index in [4.69, 9.17) is 11.6 Å². The summed E-state index contributed by atoms with van der Waals surface area (Å²) in [5.74, 6) is 0. The van der Waals surface area contributed by atoms with Gasteiger partial charge in [0.25, 0.3) is 0 Å². The molecule has 0 aliphatic carbocycles. The molecule has 1 aromatic heterocycles. The van der Waals surface area contributed by atoms with E-state index in [0.29, 0.717) is 0 Å². The quantitative estimate of drug-likeness (QED) is 0.794. The monoisotopic (exact) mass is 393 g/mol. The van der Waals surface area contributed by atoms with Crippen molar-refractivity contribution in [3.05, 3.63) is 31.8 Å². The van der Waals surface area contributed by atoms with Crippen molar-refractivity contribution in [2.24, 2.45) is 0 Å². The highest BCUT2D eigenvalue weighted by Gasteiger charge is 2.15. The predicted octanol–water partition coefficient (Wildman–Crippen LogP) is 4.13. The SMILES string of the molecule is CCC(NC)c1nnc(-c2cc(Cl)ccc2I)s1. The van der Waals surface area contributed by atoms with Gasteiger partial charge in [-0.25, -0.2) is 0 Å². The molecule has 6 heteroatoms. The molecule has 0 spiro atoms.